The lowest BCUT2D eigenvalue weighted by Gasteiger charge is -2.14. The van der Waals surface area contributed by atoms with Crippen LogP contribution in [0, 0.1) is 13.8 Å². The largest absolute Gasteiger partial charge is 0.355 e. The van der Waals surface area contributed by atoms with E-state index in [1.54, 1.807) is 6.20 Å². The Kier molecular flexibility index (Phi) is 5.19. The zero-order chi connectivity index (χ0) is 20.4. The Labute approximate surface area is 174 Å². The summed E-state index contributed by atoms with van der Waals surface area (Å²) in [7, 11) is 0. The van der Waals surface area contributed by atoms with Crippen molar-refractivity contribution >= 4 is 45.5 Å². The Morgan fingerprint density at radius 2 is 1.69 bits per heavy atom. The van der Waals surface area contributed by atoms with Crippen molar-refractivity contribution in [1.29, 1.82) is 0 Å². The van der Waals surface area contributed by atoms with Gasteiger partial charge in [-0.3, -0.25) is 9.78 Å². The standard InChI is InChI=1S/C24H20ClN3O/c1-15-3-8-19(9-4-15)27-24(29)17-6-5-16(2)22(13-17)28-21-11-12-26-23-14-18(25)7-10-20(21)23/h3-14H,1-2H3,(H,26,28)(H,27,29). The van der Waals surface area contributed by atoms with Crippen LogP contribution in [0.25, 0.3) is 10.9 Å². The molecule has 5 heteroatoms. The summed E-state index contributed by atoms with van der Waals surface area (Å²) in [5.41, 5.74) is 6.13. The first-order valence-corrected chi connectivity index (χ1v) is 9.67. The number of fused-ring (bicyclic) bond motifs is 1. The molecule has 0 aliphatic carbocycles. The van der Waals surface area contributed by atoms with E-state index >= 15 is 0 Å². The van der Waals surface area contributed by atoms with Crippen LogP contribution < -0.4 is 10.6 Å². The Morgan fingerprint density at radius 1 is 0.897 bits per heavy atom. The molecule has 1 amide bonds. The van der Waals surface area contributed by atoms with E-state index < -0.39 is 0 Å². The summed E-state index contributed by atoms with van der Waals surface area (Å²) in [4.78, 5) is 17.1. The van der Waals surface area contributed by atoms with E-state index in [0.717, 1.165) is 39.1 Å². The Balaban J connectivity index is 1.62. The first-order valence-electron chi connectivity index (χ1n) is 9.29. The van der Waals surface area contributed by atoms with Crippen molar-refractivity contribution in [2.24, 2.45) is 0 Å². The van der Waals surface area contributed by atoms with Crippen molar-refractivity contribution in [2.45, 2.75) is 13.8 Å². The summed E-state index contributed by atoms with van der Waals surface area (Å²) in [5, 5.41) is 7.99. The first-order chi connectivity index (χ1) is 14.0. The number of rotatable bonds is 4. The summed E-state index contributed by atoms with van der Waals surface area (Å²) in [6.45, 7) is 4.02. The number of carbonyl (C=O) groups excluding carboxylic acids is 1. The number of aromatic nitrogens is 1. The van der Waals surface area contributed by atoms with Crippen LogP contribution in [0.5, 0.6) is 0 Å². The number of anilines is 3. The van der Waals surface area contributed by atoms with Crippen LogP contribution in [0.1, 0.15) is 21.5 Å². The third-order valence-electron chi connectivity index (χ3n) is 4.78. The van der Waals surface area contributed by atoms with Crippen molar-refractivity contribution in [3.63, 3.8) is 0 Å². The minimum atomic E-state index is -0.150. The van der Waals surface area contributed by atoms with Gasteiger partial charge in [0.25, 0.3) is 5.91 Å². The van der Waals surface area contributed by atoms with Gasteiger partial charge in [-0.15, -0.1) is 0 Å². The summed E-state index contributed by atoms with van der Waals surface area (Å²) >= 11 is 6.08. The SMILES string of the molecule is Cc1ccc(NC(=O)c2ccc(C)c(Nc3ccnc4cc(Cl)ccc34)c2)cc1. The molecule has 4 aromatic rings. The Hall–Kier alpha value is -3.37. The molecule has 0 saturated carbocycles. The van der Waals surface area contributed by atoms with Crippen molar-refractivity contribution in [2.75, 3.05) is 10.6 Å². The molecule has 0 aliphatic heterocycles. The van der Waals surface area contributed by atoms with Crippen molar-refractivity contribution in [3.8, 4) is 0 Å². The maximum atomic E-state index is 12.7. The third-order valence-corrected chi connectivity index (χ3v) is 5.02. The highest BCUT2D eigenvalue weighted by Gasteiger charge is 2.10. The zero-order valence-corrected chi connectivity index (χ0v) is 16.9. The Morgan fingerprint density at radius 3 is 2.48 bits per heavy atom. The van der Waals surface area contributed by atoms with Crippen LogP contribution in [0.4, 0.5) is 17.1 Å². The molecule has 4 nitrogen and oxygen atoms in total. The van der Waals surface area contributed by atoms with E-state index in [1.807, 2.05) is 80.6 Å². The number of halogens is 1. The number of hydrogen-bond donors (Lipinski definition) is 2. The number of hydrogen-bond acceptors (Lipinski definition) is 3. The fourth-order valence-electron chi connectivity index (χ4n) is 3.11. The molecule has 1 heterocycles. The van der Waals surface area contributed by atoms with Crippen LogP contribution in [0.3, 0.4) is 0 Å². The topological polar surface area (TPSA) is 54.0 Å². The van der Waals surface area contributed by atoms with Crippen LogP contribution in [-0.4, -0.2) is 10.9 Å². The molecule has 0 unspecified atom stereocenters. The molecular formula is C24H20ClN3O. The van der Waals surface area contributed by atoms with Gasteiger partial charge < -0.3 is 10.6 Å². The smallest absolute Gasteiger partial charge is 0.255 e. The van der Waals surface area contributed by atoms with Gasteiger partial charge in [-0.05, 0) is 67.9 Å². The predicted octanol–water partition coefficient (Wildman–Crippen LogP) is 6.50. The molecule has 144 valence electrons. The molecule has 0 aliphatic rings. The lowest BCUT2D eigenvalue weighted by atomic mass is 10.1. The quantitative estimate of drug-likeness (QED) is 0.410. The van der Waals surface area contributed by atoms with Crippen LogP contribution in [0.2, 0.25) is 5.02 Å². The van der Waals surface area contributed by atoms with Crippen LogP contribution in [0.15, 0.2) is 72.9 Å². The highest BCUT2D eigenvalue weighted by atomic mass is 35.5. The van der Waals surface area contributed by atoms with Crippen LogP contribution in [-0.2, 0) is 0 Å². The van der Waals surface area contributed by atoms with Crippen molar-refractivity contribution < 1.29 is 4.79 Å². The van der Waals surface area contributed by atoms with Gasteiger partial charge in [0.15, 0.2) is 0 Å². The monoisotopic (exact) mass is 401 g/mol. The fraction of sp³-hybridized carbons (Fsp3) is 0.0833. The molecule has 3 aromatic carbocycles. The average Bonchev–Trinajstić information content (AvgIpc) is 2.71. The van der Waals surface area contributed by atoms with E-state index in [9.17, 15) is 4.79 Å². The minimum Gasteiger partial charge on any atom is -0.355 e. The van der Waals surface area contributed by atoms with Gasteiger partial charge in [0.05, 0.1) is 5.52 Å². The van der Waals surface area contributed by atoms with Gasteiger partial charge in [-0.25, -0.2) is 0 Å². The molecule has 29 heavy (non-hydrogen) atoms. The summed E-state index contributed by atoms with van der Waals surface area (Å²) in [6.07, 6.45) is 1.74. The molecule has 0 fully saturated rings. The normalized spacial score (nSPS) is 10.7. The molecular weight excluding hydrogens is 382 g/mol. The second kappa shape index (κ2) is 7.94. The van der Waals surface area contributed by atoms with Gasteiger partial charge >= 0.3 is 0 Å². The second-order valence-corrected chi connectivity index (χ2v) is 7.43. The lowest BCUT2D eigenvalue weighted by molar-refractivity contribution is 0.102. The predicted molar refractivity (Wildman–Crippen MR) is 120 cm³/mol. The molecule has 0 atom stereocenters. The van der Waals surface area contributed by atoms with E-state index in [-0.39, 0.29) is 5.91 Å². The third kappa shape index (κ3) is 4.23. The fourth-order valence-corrected chi connectivity index (χ4v) is 3.28. The summed E-state index contributed by atoms with van der Waals surface area (Å²) in [5.74, 6) is -0.150. The van der Waals surface area contributed by atoms with Gasteiger partial charge in [-0.2, -0.15) is 0 Å². The van der Waals surface area contributed by atoms with Gasteiger partial charge in [-0.1, -0.05) is 35.4 Å². The number of pyridine rings is 1. The highest BCUT2D eigenvalue weighted by molar-refractivity contribution is 6.31. The first kappa shape index (κ1) is 19.0. The van der Waals surface area contributed by atoms with Gasteiger partial charge in [0, 0.05) is 39.2 Å². The summed E-state index contributed by atoms with van der Waals surface area (Å²) < 4.78 is 0. The zero-order valence-electron chi connectivity index (χ0n) is 16.2. The van der Waals surface area contributed by atoms with Crippen LogP contribution >= 0.6 is 11.6 Å². The molecule has 0 bridgehead atoms. The molecule has 1 aromatic heterocycles. The maximum absolute atomic E-state index is 12.7. The van der Waals surface area contributed by atoms with Crippen molar-refractivity contribution in [3.05, 3.63) is 94.6 Å². The number of nitrogens with zero attached hydrogens (tertiary/aromatic N) is 1. The molecule has 0 radical (unpaired) electrons. The average molecular weight is 402 g/mol. The second-order valence-electron chi connectivity index (χ2n) is 6.99. The van der Waals surface area contributed by atoms with Gasteiger partial charge in [0.1, 0.15) is 0 Å². The number of nitrogens with one attached hydrogen (secondary N) is 2. The molecule has 4 rings (SSSR count). The molecule has 2 N–H and O–H groups in total. The van der Waals surface area contributed by atoms with Crippen molar-refractivity contribution in [1.82, 2.24) is 4.98 Å². The van der Waals surface area contributed by atoms with E-state index in [0.29, 0.717) is 10.6 Å². The summed E-state index contributed by atoms with van der Waals surface area (Å²) in [6, 6.07) is 20.9. The van der Waals surface area contributed by atoms with E-state index in [1.165, 1.54) is 0 Å². The van der Waals surface area contributed by atoms with Gasteiger partial charge in [0.2, 0.25) is 0 Å². The number of carbonyl (C=O) groups is 1. The maximum Gasteiger partial charge on any atom is 0.255 e. The van der Waals surface area contributed by atoms with E-state index in [2.05, 4.69) is 15.6 Å². The van der Waals surface area contributed by atoms with E-state index in [4.69, 9.17) is 11.6 Å². The number of aryl methyl sites for hydroxylation is 2. The number of amides is 1. The molecule has 0 spiro atoms. The Bertz CT molecular complexity index is 1200. The lowest BCUT2D eigenvalue weighted by Crippen LogP contribution is -2.12. The molecule has 0 saturated heterocycles. The number of benzene rings is 3. The minimum absolute atomic E-state index is 0.150. The highest BCUT2D eigenvalue weighted by Crippen LogP contribution is 2.29.